The Kier molecular flexibility index (Phi) is 4.00. The van der Waals surface area contributed by atoms with Crippen molar-refractivity contribution in [1.82, 2.24) is 10.2 Å². The van der Waals surface area contributed by atoms with Crippen molar-refractivity contribution in [2.75, 3.05) is 11.9 Å². The van der Waals surface area contributed by atoms with E-state index in [1.807, 2.05) is 25.1 Å². The summed E-state index contributed by atoms with van der Waals surface area (Å²) in [6.07, 6.45) is 6.83. The highest BCUT2D eigenvalue weighted by molar-refractivity contribution is 5.72. The first-order valence-corrected chi connectivity index (χ1v) is 7.46. The molecule has 1 N–H and O–H groups in total. The molecule has 1 aromatic heterocycles. The third-order valence-electron chi connectivity index (χ3n) is 3.99. The van der Waals surface area contributed by atoms with Gasteiger partial charge in [-0.15, -0.1) is 10.2 Å². The number of anilines is 1. The summed E-state index contributed by atoms with van der Waals surface area (Å²) < 4.78 is 5.54. The van der Waals surface area contributed by atoms with Crippen molar-refractivity contribution in [1.29, 1.82) is 0 Å². The van der Waals surface area contributed by atoms with Crippen LogP contribution in [0.25, 0.3) is 11.5 Å². The molecule has 0 amide bonds. The fourth-order valence-electron chi connectivity index (χ4n) is 2.87. The van der Waals surface area contributed by atoms with Crippen LogP contribution in [0.5, 0.6) is 0 Å². The number of aryl methyl sites for hydroxylation is 1. The molecule has 1 fully saturated rings. The van der Waals surface area contributed by atoms with Gasteiger partial charge in [0.15, 0.2) is 0 Å². The molecular formula is C16H21N3O. The zero-order chi connectivity index (χ0) is 13.8. The van der Waals surface area contributed by atoms with E-state index in [-0.39, 0.29) is 0 Å². The fourth-order valence-corrected chi connectivity index (χ4v) is 2.87. The van der Waals surface area contributed by atoms with E-state index in [4.69, 9.17) is 4.42 Å². The van der Waals surface area contributed by atoms with E-state index in [2.05, 4.69) is 21.6 Å². The van der Waals surface area contributed by atoms with Gasteiger partial charge in [0.05, 0.1) is 5.56 Å². The predicted octanol–water partition coefficient (Wildman–Crippen LogP) is 4.04. The maximum Gasteiger partial charge on any atom is 0.249 e. The van der Waals surface area contributed by atoms with Crippen LogP contribution in [0.15, 0.2) is 28.7 Å². The summed E-state index contributed by atoms with van der Waals surface area (Å²) in [5.74, 6) is 1.98. The molecule has 1 saturated carbocycles. The Labute approximate surface area is 119 Å². The highest BCUT2D eigenvalue weighted by Crippen LogP contribution is 2.28. The van der Waals surface area contributed by atoms with Gasteiger partial charge in [0.25, 0.3) is 0 Å². The second-order valence-corrected chi connectivity index (χ2v) is 5.56. The van der Waals surface area contributed by atoms with Gasteiger partial charge in [-0.3, -0.25) is 0 Å². The first-order valence-electron chi connectivity index (χ1n) is 7.46. The highest BCUT2D eigenvalue weighted by Gasteiger charge is 2.15. The van der Waals surface area contributed by atoms with E-state index < -0.39 is 0 Å². The molecule has 2 aromatic rings. The SMILES string of the molecule is Cc1nnc(-c2ccccc2NCC2CCCCC2)o1. The minimum atomic E-state index is 0.592. The zero-order valence-electron chi connectivity index (χ0n) is 11.9. The smallest absolute Gasteiger partial charge is 0.249 e. The Balaban J connectivity index is 1.72. The van der Waals surface area contributed by atoms with Gasteiger partial charge >= 0.3 is 0 Å². The van der Waals surface area contributed by atoms with Gasteiger partial charge in [-0.1, -0.05) is 31.4 Å². The lowest BCUT2D eigenvalue weighted by atomic mass is 9.89. The standard InChI is InChI=1S/C16H21N3O/c1-12-18-19-16(20-12)14-9-5-6-10-15(14)17-11-13-7-3-2-4-8-13/h5-6,9-10,13,17H,2-4,7-8,11H2,1H3. The van der Waals surface area contributed by atoms with Gasteiger partial charge in [0.2, 0.25) is 11.8 Å². The Morgan fingerprint density at radius 3 is 2.70 bits per heavy atom. The predicted molar refractivity (Wildman–Crippen MR) is 79.5 cm³/mol. The first-order chi connectivity index (χ1) is 9.83. The maximum atomic E-state index is 5.54. The molecule has 20 heavy (non-hydrogen) atoms. The molecular weight excluding hydrogens is 250 g/mol. The summed E-state index contributed by atoms with van der Waals surface area (Å²) in [7, 11) is 0. The number of rotatable bonds is 4. The van der Waals surface area contributed by atoms with E-state index in [0.29, 0.717) is 11.8 Å². The van der Waals surface area contributed by atoms with Crippen LogP contribution >= 0.6 is 0 Å². The van der Waals surface area contributed by atoms with Gasteiger partial charge in [-0.25, -0.2) is 0 Å². The van der Waals surface area contributed by atoms with Crippen LogP contribution in [0.4, 0.5) is 5.69 Å². The Morgan fingerprint density at radius 1 is 1.15 bits per heavy atom. The molecule has 0 saturated heterocycles. The lowest BCUT2D eigenvalue weighted by Crippen LogP contribution is -2.17. The number of benzene rings is 1. The number of aromatic nitrogens is 2. The number of nitrogens with one attached hydrogen (secondary N) is 1. The number of hydrogen-bond donors (Lipinski definition) is 1. The van der Waals surface area contributed by atoms with E-state index in [1.54, 1.807) is 0 Å². The summed E-state index contributed by atoms with van der Waals surface area (Å²) in [6.45, 7) is 2.85. The van der Waals surface area contributed by atoms with Gasteiger partial charge in [-0.2, -0.15) is 0 Å². The van der Waals surface area contributed by atoms with Crippen LogP contribution < -0.4 is 5.32 Å². The number of nitrogens with zero attached hydrogens (tertiary/aromatic N) is 2. The molecule has 1 heterocycles. The van der Waals surface area contributed by atoms with Crippen molar-refractivity contribution in [3.63, 3.8) is 0 Å². The molecule has 4 heteroatoms. The van der Waals surface area contributed by atoms with E-state index in [1.165, 1.54) is 32.1 Å². The fraction of sp³-hybridized carbons (Fsp3) is 0.500. The maximum absolute atomic E-state index is 5.54. The van der Waals surface area contributed by atoms with Crippen molar-refractivity contribution >= 4 is 5.69 Å². The van der Waals surface area contributed by atoms with Crippen molar-refractivity contribution in [3.8, 4) is 11.5 Å². The first kappa shape index (κ1) is 13.2. The second kappa shape index (κ2) is 6.07. The van der Waals surface area contributed by atoms with Crippen molar-refractivity contribution in [3.05, 3.63) is 30.2 Å². The molecule has 0 radical (unpaired) electrons. The largest absolute Gasteiger partial charge is 0.421 e. The minimum Gasteiger partial charge on any atom is -0.421 e. The van der Waals surface area contributed by atoms with Gasteiger partial charge in [0.1, 0.15) is 0 Å². The zero-order valence-corrected chi connectivity index (χ0v) is 11.9. The molecule has 1 aliphatic carbocycles. The van der Waals surface area contributed by atoms with Gasteiger partial charge < -0.3 is 9.73 Å². The van der Waals surface area contributed by atoms with Crippen molar-refractivity contribution < 1.29 is 4.42 Å². The molecule has 0 aliphatic heterocycles. The summed E-state index contributed by atoms with van der Waals surface area (Å²) in [4.78, 5) is 0. The monoisotopic (exact) mass is 271 g/mol. The molecule has 0 unspecified atom stereocenters. The minimum absolute atomic E-state index is 0.592. The van der Waals surface area contributed by atoms with Crippen LogP contribution in [-0.2, 0) is 0 Å². The average molecular weight is 271 g/mol. The molecule has 4 nitrogen and oxygen atoms in total. The summed E-state index contributed by atoms with van der Waals surface area (Å²) >= 11 is 0. The van der Waals surface area contributed by atoms with Crippen LogP contribution in [0.3, 0.4) is 0 Å². The summed E-state index contributed by atoms with van der Waals surface area (Å²) in [5.41, 5.74) is 2.07. The van der Waals surface area contributed by atoms with E-state index in [9.17, 15) is 0 Å². The topological polar surface area (TPSA) is 51.0 Å². The van der Waals surface area contributed by atoms with Crippen LogP contribution in [0, 0.1) is 12.8 Å². The molecule has 3 rings (SSSR count). The lowest BCUT2D eigenvalue weighted by Gasteiger charge is -2.22. The molecule has 106 valence electrons. The average Bonchev–Trinajstić information content (AvgIpc) is 2.93. The number of para-hydroxylation sites is 1. The lowest BCUT2D eigenvalue weighted by molar-refractivity contribution is 0.373. The summed E-state index contributed by atoms with van der Waals surface area (Å²) in [6, 6.07) is 8.14. The van der Waals surface area contributed by atoms with Crippen molar-refractivity contribution in [2.24, 2.45) is 5.92 Å². The van der Waals surface area contributed by atoms with E-state index in [0.717, 1.165) is 23.7 Å². The van der Waals surface area contributed by atoms with Crippen LogP contribution in [-0.4, -0.2) is 16.7 Å². The third-order valence-corrected chi connectivity index (χ3v) is 3.99. The Hall–Kier alpha value is -1.84. The van der Waals surface area contributed by atoms with Crippen molar-refractivity contribution in [2.45, 2.75) is 39.0 Å². The summed E-state index contributed by atoms with van der Waals surface area (Å²) in [5, 5.41) is 11.6. The molecule has 0 spiro atoms. The molecule has 1 aliphatic rings. The number of hydrogen-bond acceptors (Lipinski definition) is 4. The molecule has 1 aromatic carbocycles. The van der Waals surface area contributed by atoms with Gasteiger partial charge in [-0.05, 0) is 30.9 Å². The second-order valence-electron chi connectivity index (χ2n) is 5.56. The van der Waals surface area contributed by atoms with E-state index >= 15 is 0 Å². The quantitative estimate of drug-likeness (QED) is 0.911. The van der Waals surface area contributed by atoms with Crippen LogP contribution in [0.1, 0.15) is 38.0 Å². The Morgan fingerprint density at radius 2 is 1.95 bits per heavy atom. The third kappa shape index (κ3) is 3.00. The normalized spacial score (nSPS) is 16.2. The van der Waals surface area contributed by atoms with Gasteiger partial charge in [0, 0.05) is 19.2 Å². The highest BCUT2D eigenvalue weighted by atomic mass is 16.4. The molecule has 0 atom stereocenters. The van der Waals surface area contributed by atoms with Crippen LogP contribution in [0.2, 0.25) is 0 Å². The molecule has 0 bridgehead atoms. The Bertz CT molecular complexity index is 558.